The number of thiophene rings is 1. The topological polar surface area (TPSA) is 11.4 Å². The molecule has 1 fully saturated rings. The van der Waals surface area contributed by atoms with E-state index in [4.69, 9.17) is 0 Å². The molecule has 1 aliphatic carbocycles. The van der Waals surface area contributed by atoms with Crippen molar-refractivity contribution >= 4 is 132 Å². The van der Waals surface area contributed by atoms with Crippen LogP contribution in [0.5, 0.6) is 0 Å². The van der Waals surface area contributed by atoms with Crippen LogP contribution in [0.2, 0.25) is 0 Å². The fraction of sp³-hybridized carbons (Fsp3) is 0.188. The first-order valence-corrected chi connectivity index (χ1v) is 37.3. The number of para-hydroxylation sites is 1. The van der Waals surface area contributed by atoms with Gasteiger partial charge < -0.3 is 14.4 Å². The van der Waals surface area contributed by atoms with Crippen LogP contribution in [-0.4, -0.2) is 11.3 Å². The van der Waals surface area contributed by atoms with Gasteiger partial charge in [0.15, 0.2) is 0 Å². The average Bonchev–Trinajstić information content (AvgIpc) is 1.49. The molecular weight excluding hydrogens is 1240 g/mol. The van der Waals surface area contributed by atoms with E-state index in [0.29, 0.717) is 16.8 Å². The Morgan fingerprint density at radius 1 is 0.406 bits per heavy atom. The van der Waals surface area contributed by atoms with Crippen LogP contribution in [0.1, 0.15) is 127 Å². The Morgan fingerprint density at radius 2 is 0.911 bits per heavy atom. The van der Waals surface area contributed by atoms with Gasteiger partial charge in [-0.3, -0.25) is 0 Å². The van der Waals surface area contributed by atoms with Crippen molar-refractivity contribution in [1.82, 2.24) is 4.57 Å². The van der Waals surface area contributed by atoms with Crippen LogP contribution in [-0.2, 0) is 16.2 Å². The third kappa shape index (κ3) is 9.81. The number of aromatic nitrogens is 1. The van der Waals surface area contributed by atoms with Crippen LogP contribution < -0.4 is 25.5 Å². The van der Waals surface area contributed by atoms with E-state index in [-0.39, 0.29) is 40.3 Å². The molecule has 19 rings (SSSR count). The first kappa shape index (κ1) is 58.4. The Labute approximate surface area is 602 Å². The van der Waals surface area contributed by atoms with E-state index in [1.807, 2.05) is 11.3 Å². The number of fused-ring (bicyclic) bond motifs is 10. The number of benzene rings is 14. The highest BCUT2D eigenvalue weighted by Crippen LogP contribution is 2.58. The van der Waals surface area contributed by atoms with Crippen LogP contribution in [0.15, 0.2) is 267 Å². The van der Waals surface area contributed by atoms with Crippen LogP contribution in [0.3, 0.4) is 0 Å². The molecule has 0 spiro atoms. The highest BCUT2D eigenvalue weighted by atomic mass is 32.1. The first-order chi connectivity index (χ1) is 50.3. The van der Waals surface area contributed by atoms with E-state index in [2.05, 4.69) is 325 Å². The van der Waals surface area contributed by atoms with Gasteiger partial charge >= 0.3 is 0 Å². The van der Waals surface area contributed by atoms with E-state index in [1.54, 1.807) is 0 Å². The molecule has 16 aromatic rings. The summed E-state index contributed by atoms with van der Waals surface area (Å²) < 4.78 is 39.4. The number of anilines is 6. The zero-order chi connectivity index (χ0) is 71.0. The summed E-state index contributed by atoms with van der Waals surface area (Å²) in [5, 5.41) is 10.1. The molecule has 101 heavy (non-hydrogen) atoms. The van der Waals surface area contributed by atoms with Crippen LogP contribution in [0.25, 0.3) is 114 Å². The quantitative estimate of drug-likeness (QED) is 0.111. The van der Waals surface area contributed by atoms with E-state index < -0.39 is 6.71 Å². The maximum atomic E-state index is 12.0. The molecule has 0 amide bonds. The molecule has 0 unspecified atom stereocenters. The molecular formula is C96H82BN3S. The molecule has 3 nitrogen and oxygen atoms in total. The van der Waals surface area contributed by atoms with Gasteiger partial charge in [0.1, 0.15) is 0 Å². The van der Waals surface area contributed by atoms with Crippen molar-refractivity contribution in [2.75, 3.05) is 9.80 Å². The average molecular weight is 1320 g/mol. The van der Waals surface area contributed by atoms with E-state index in [0.717, 1.165) is 157 Å². The summed E-state index contributed by atoms with van der Waals surface area (Å²) in [4.78, 5) is 5.20. The summed E-state index contributed by atoms with van der Waals surface area (Å²) in [6, 6.07) is 93.0. The standard InChI is InChI=1S/C96H82BN3S/c1-94(2,3)68-45-48-73-85(57-68)101-93-92(73)100(91-77(62-34-21-13-22-35-62)55-70(96(7,8)9)56-78(91)63-36-23-14-24-37-63)84-52-67(59-28-15-10-16-29-59)51-83-88(84)97(93)80-49-46-71(98-81-41-26-25-40-72(81)79-50-66-43-42-64-38-27-39-65-44-47-74(89(79)98)87(66)86(64)65)58-82(80)99(83)90-75(60-30-17-11-18-31-60)53-69(95(4,5)6)54-76(90)61-32-19-12-20-33-61/h11-14,17-27,30-59H,10,15-16,28-29H2,1-9H3/i46D,49D,58D. The summed E-state index contributed by atoms with van der Waals surface area (Å²) in [5.74, 6) is 0.238. The highest BCUT2D eigenvalue weighted by Gasteiger charge is 2.48. The van der Waals surface area contributed by atoms with Crippen molar-refractivity contribution in [3.63, 3.8) is 0 Å². The Balaban J connectivity index is 1.04. The summed E-state index contributed by atoms with van der Waals surface area (Å²) >= 11 is 1.84. The van der Waals surface area contributed by atoms with Gasteiger partial charge in [-0.2, -0.15) is 0 Å². The SMILES string of the molecule is [2H]c1c([2H])c(-n2c3ccccc3c3cc4ccc5cccc6ccc(c4c56)c32)c([2H])c2c1B1c3sc4cc(C(C)(C)C)ccc4c3N(c3c(-c4ccccc4)cc(C(C)(C)C)cc3-c3ccccc3)c3cc(C4CCCCC4)cc(c31)N2c1c(-c2ccccc2)cc(C(C)(C)C)cc1-c1ccccc1. The van der Waals surface area contributed by atoms with Gasteiger partial charge in [-0.25, -0.2) is 0 Å². The lowest BCUT2D eigenvalue weighted by Gasteiger charge is -2.46. The normalized spacial score (nSPS) is 14.7. The molecule has 0 N–H and O–H groups in total. The third-order valence-corrected chi connectivity index (χ3v) is 23.8. The van der Waals surface area contributed by atoms with Gasteiger partial charge in [0.05, 0.1) is 32.2 Å². The van der Waals surface area contributed by atoms with Crippen LogP contribution in [0, 0.1) is 0 Å². The number of hydrogen-bond acceptors (Lipinski definition) is 3. The van der Waals surface area contributed by atoms with Gasteiger partial charge in [-0.15, -0.1) is 11.3 Å². The van der Waals surface area contributed by atoms with Gasteiger partial charge in [-0.05, 0) is 184 Å². The van der Waals surface area contributed by atoms with Gasteiger partial charge in [0, 0.05) is 76.0 Å². The van der Waals surface area contributed by atoms with Gasteiger partial charge in [0.2, 0.25) is 0 Å². The first-order valence-electron chi connectivity index (χ1n) is 38.0. The van der Waals surface area contributed by atoms with E-state index in [9.17, 15) is 4.11 Å². The van der Waals surface area contributed by atoms with Crippen molar-refractivity contribution < 1.29 is 4.11 Å². The minimum Gasteiger partial charge on any atom is -0.310 e. The molecule has 1 saturated carbocycles. The number of rotatable bonds is 8. The molecule has 5 heteroatoms. The second kappa shape index (κ2) is 23.0. The Morgan fingerprint density at radius 3 is 1.48 bits per heavy atom. The van der Waals surface area contributed by atoms with Crippen LogP contribution in [0.4, 0.5) is 34.1 Å². The molecule has 0 bridgehead atoms. The molecule has 4 heterocycles. The molecule has 14 aromatic carbocycles. The molecule has 2 aliphatic heterocycles. The Kier molecular flexibility index (Phi) is 13.3. The Hall–Kier alpha value is -10.5. The zero-order valence-electron chi connectivity index (χ0n) is 62.1. The zero-order valence-corrected chi connectivity index (χ0v) is 59.9. The number of hydrogen-bond donors (Lipinski definition) is 0. The molecule has 0 radical (unpaired) electrons. The summed E-state index contributed by atoms with van der Waals surface area (Å²) in [6.45, 7) is 20.3. The second-order valence-corrected chi connectivity index (χ2v) is 33.0. The van der Waals surface area contributed by atoms with E-state index >= 15 is 0 Å². The monoisotopic (exact) mass is 1320 g/mol. The maximum Gasteiger partial charge on any atom is 0.264 e. The molecule has 2 aromatic heterocycles. The molecule has 490 valence electrons. The smallest absolute Gasteiger partial charge is 0.264 e. The van der Waals surface area contributed by atoms with Crippen molar-refractivity contribution in [1.29, 1.82) is 0 Å². The van der Waals surface area contributed by atoms with Gasteiger partial charge in [0.25, 0.3) is 6.71 Å². The fourth-order valence-corrected chi connectivity index (χ4v) is 18.8. The van der Waals surface area contributed by atoms with Crippen molar-refractivity contribution in [3.05, 3.63) is 289 Å². The number of nitrogens with zero attached hydrogens (tertiary/aromatic N) is 3. The second-order valence-electron chi connectivity index (χ2n) is 32.0. The molecule has 0 atom stereocenters. The van der Waals surface area contributed by atoms with Crippen molar-refractivity contribution in [2.45, 2.75) is 117 Å². The summed E-state index contributed by atoms with van der Waals surface area (Å²) in [7, 11) is 0. The van der Waals surface area contributed by atoms with Crippen LogP contribution >= 0.6 is 11.3 Å². The minimum absolute atomic E-state index is 0.0242. The molecule has 3 aliphatic rings. The van der Waals surface area contributed by atoms with E-state index in [1.165, 1.54) is 44.8 Å². The minimum atomic E-state index is -0.595. The van der Waals surface area contributed by atoms with Crippen molar-refractivity contribution in [2.24, 2.45) is 0 Å². The largest absolute Gasteiger partial charge is 0.310 e. The van der Waals surface area contributed by atoms with Crippen molar-refractivity contribution in [3.8, 4) is 50.2 Å². The predicted molar refractivity (Wildman–Crippen MR) is 438 cm³/mol. The fourth-order valence-electron chi connectivity index (χ4n) is 17.4. The third-order valence-electron chi connectivity index (χ3n) is 22.6. The lowest BCUT2D eigenvalue weighted by Crippen LogP contribution is -2.60. The Bertz CT molecular complexity index is 6050. The maximum absolute atomic E-state index is 12.0. The molecule has 0 saturated heterocycles. The lowest BCUT2D eigenvalue weighted by atomic mass is 9.36. The van der Waals surface area contributed by atoms with Gasteiger partial charge in [-0.1, -0.05) is 282 Å². The summed E-state index contributed by atoms with van der Waals surface area (Å²) in [6.07, 6.45) is 5.58. The lowest BCUT2D eigenvalue weighted by molar-refractivity contribution is 0.444. The highest BCUT2D eigenvalue weighted by molar-refractivity contribution is 7.33. The summed E-state index contributed by atoms with van der Waals surface area (Å²) in [5.41, 5.74) is 22.8. The predicted octanol–water partition coefficient (Wildman–Crippen LogP) is 25.6.